The molecule has 1 aromatic carbocycles. The second-order valence-corrected chi connectivity index (χ2v) is 6.96. The maximum atomic E-state index is 12.6. The Bertz CT molecular complexity index is 1230. The minimum Gasteiger partial charge on any atom is -0.330 e. The van der Waals surface area contributed by atoms with Gasteiger partial charge in [-0.3, -0.25) is 13.9 Å². The normalized spacial score (nSPS) is 11.6. The molecule has 0 aliphatic heterocycles. The van der Waals surface area contributed by atoms with E-state index in [1.807, 2.05) is 19.1 Å². The summed E-state index contributed by atoms with van der Waals surface area (Å²) in [6.07, 6.45) is 0. The topological polar surface area (TPSA) is 85.6 Å². The minimum absolute atomic E-state index is 0.307. The fraction of sp³-hybridized carbons (Fsp3) is 0.250. The minimum atomic E-state index is -0.366. The van der Waals surface area contributed by atoms with Crippen LogP contribution in [0.15, 0.2) is 27.8 Å². The SMILES string of the molecule is CCn1c(=O)c2[nH]c(-c3nc4ccc(Cl)cc4s3)nc2n(CC)c1=O. The Kier molecular flexibility index (Phi) is 3.73. The van der Waals surface area contributed by atoms with Crippen LogP contribution in [-0.2, 0) is 13.1 Å². The van der Waals surface area contributed by atoms with Crippen molar-refractivity contribution in [1.82, 2.24) is 24.1 Å². The number of nitrogens with one attached hydrogen (secondary N) is 1. The highest BCUT2D eigenvalue weighted by molar-refractivity contribution is 7.21. The quantitative estimate of drug-likeness (QED) is 0.596. The van der Waals surface area contributed by atoms with Gasteiger partial charge in [-0.05, 0) is 32.0 Å². The van der Waals surface area contributed by atoms with E-state index in [0.29, 0.717) is 40.1 Å². The second-order valence-electron chi connectivity index (χ2n) is 5.49. The van der Waals surface area contributed by atoms with Crippen LogP contribution < -0.4 is 11.2 Å². The molecule has 4 rings (SSSR count). The molecule has 1 N–H and O–H groups in total. The van der Waals surface area contributed by atoms with Crippen molar-refractivity contribution in [2.75, 3.05) is 0 Å². The first-order chi connectivity index (χ1) is 12.0. The van der Waals surface area contributed by atoms with E-state index in [4.69, 9.17) is 11.6 Å². The Morgan fingerprint density at radius 1 is 1.16 bits per heavy atom. The second kappa shape index (κ2) is 5.82. The van der Waals surface area contributed by atoms with Gasteiger partial charge in [-0.15, -0.1) is 11.3 Å². The van der Waals surface area contributed by atoms with Gasteiger partial charge in [-0.2, -0.15) is 0 Å². The zero-order chi connectivity index (χ0) is 17.7. The van der Waals surface area contributed by atoms with Gasteiger partial charge in [0.05, 0.1) is 10.2 Å². The van der Waals surface area contributed by atoms with E-state index >= 15 is 0 Å². The summed E-state index contributed by atoms with van der Waals surface area (Å²) >= 11 is 7.45. The molecule has 25 heavy (non-hydrogen) atoms. The van der Waals surface area contributed by atoms with Gasteiger partial charge >= 0.3 is 5.69 Å². The summed E-state index contributed by atoms with van der Waals surface area (Å²) in [5, 5.41) is 1.28. The zero-order valence-electron chi connectivity index (χ0n) is 13.5. The number of aromatic amines is 1. The Morgan fingerprint density at radius 3 is 2.64 bits per heavy atom. The number of nitrogens with zero attached hydrogens (tertiary/aromatic N) is 4. The van der Waals surface area contributed by atoms with E-state index in [2.05, 4.69) is 15.0 Å². The number of aryl methyl sites for hydroxylation is 1. The number of H-pyrrole nitrogens is 1. The number of fused-ring (bicyclic) bond motifs is 2. The predicted octanol–water partition coefficient (Wildman–Crippen LogP) is 2.86. The van der Waals surface area contributed by atoms with Crippen LogP contribution >= 0.6 is 22.9 Å². The fourth-order valence-electron chi connectivity index (χ4n) is 2.83. The number of imidazole rings is 1. The van der Waals surface area contributed by atoms with Crippen molar-refractivity contribution >= 4 is 44.3 Å². The molecule has 0 aliphatic carbocycles. The molecule has 7 nitrogen and oxygen atoms in total. The summed E-state index contributed by atoms with van der Waals surface area (Å²) in [6.45, 7) is 4.35. The van der Waals surface area contributed by atoms with E-state index in [1.165, 1.54) is 20.5 Å². The molecule has 3 heterocycles. The van der Waals surface area contributed by atoms with Crippen molar-refractivity contribution in [1.29, 1.82) is 0 Å². The van der Waals surface area contributed by atoms with Crippen LogP contribution in [0, 0.1) is 0 Å². The summed E-state index contributed by atoms with van der Waals surface area (Å²) in [4.78, 5) is 37.0. The van der Waals surface area contributed by atoms with Gasteiger partial charge in [0, 0.05) is 18.1 Å². The van der Waals surface area contributed by atoms with Gasteiger partial charge < -0.3 is 4.98 Å². The molecule has 0 saturated carbocycles. The van der Waals surface area contributed by atoms with Crippen LogP contribution in [0.5, 0.6) is 0 Å². The standard InChI is InChI=1S/C16H14ClN5O2S/c1-3-21-13-11(15(23)22(4-2)16(21)24)19-12(20-13)14-18-9-6-5-8(17)7-10(9)25-14/h5-7H,3-4H2,1-2H3,(H,19,20). The van der Waals surface area contributed by atoms with Gasteiger partial charge in [0.1, 0.15) is 5.52 Å². The van der Waals surface area contributed by atoms with Gasteiger partial charge in [0.25, 0.3) is 5.56 Å². The van der Waals surface area contributed by atoms with Crippen LogP contribution in [0.2, 0.25) is 5.02 Å². The zero-order valence-corrected chi connectivity index (χ0v) is 15.1. The monoisotopic (exact) mass is 375 g/mol. The number of hydrogen-bond acceptors (Lipinski definition) is 5. The summed E-state index contributed by atoms with van der Waals surface area (Å²) in [7, 11) is 0. The molecule has 0 unspecified atom stereocenters. The lowest BCUT2D eigenvalue weighted by Gasteiger charge is -2.06. The Hall–Kier alpha value is -2.45. The highest BCUT2D eigenvalue weighted by atomic mass is 35.5. The van der Waals surface area contributed by atoms with E-state index in [0.717, 1.165) is 10.2 Å². The lowest BCUT2D eigenvalue weighted by Crippen LogP contribution is -2.39. The first kappa shape index (κ1) is 16.0. The highest BCUT2D eigenvalue weighted by Crippen LogP contribution is 2.30. The average molecular weight is 376 g/mol. The molecule has 0 bridgehead atoms. The number of halogens is 1. The van der Waals surface area contributed by atoms with Crippen molar-refractivity contribution in [3.63, 3.8) is 0 Å². The number of aromatic nitrogens is 5. The first-order valence-corrected chi connectivity index (χ1v) is 9.02. The molecule has 0 fully saturated rings. The molecule has 0 radical (unpaired) electrons. The molecular formula is C16H14ClN5O2S. The molecular weight excluding hydrogens is 362 g/mol. The Balaban J connectivity index is 2.01. The van der Waals surface area contributed by atoms with Crippen LogP contribution in [0.4, 0.5) is 0 Å². The third-order valence-corrected chi connectivity index (χ3v) is 5.31. The lowest BCUT2D eigenvalue weighted by atomic mass is 10.3. The Morgan fingerprint density at radius 2 is 1.92 bits per heavy atom. The summed E-state index contributed by atoms with van der Waals surface area (Å²) in [5.41, 5.74) is 0.764. The van der Waals surface area contributed by atoms with Gasteiger partial charge in [-0.25, -0.2) is 14.8 Å². The maximum Gasteiger partial charge on any atom is 0.332 e. The van der Waals surface area contributed by atoms with Crippen LogP contribution in [0.3, 0.4) is 0 Å². The van der Waals surface area contributed by atoms with E-state index in [1.54, 1.807) is 13.0 Å². The lowest BCUT2D eigenvalue weighted by molar-refractivity contribution is 0.606. The third-order valence-electron chi connectivity index (χ3n) is 4.05. The molecule has 0 spiro atoms. The van der Waals surface area contributed by atoms with Crippen LogP contribution in [-0.4, -0.2) is 24.1 Å². The third kappa shape index (κ3) is 2.40. The molecule has 3 aromatic heterocycles. The molecule has 0 amide bonds. The molecule has 4 aromatic rings. The molecule has 0 saturated heterocycles. The molecule has 0 atom stereocenters. The van der Waals surface area contributed by atoms with E-state index in [-0.39, 0.29) is 11.2 Å². The number of hydrogen-bond donors (Lipinski definition) is 1. The first-order valence-electron chi connectivity index (χ1n) is 7.83. The van der Waals surface area contributed by atoms with Crippen molar-refractivity contribution in [3.8, 4) is 10.8 Å². The van der Waals surface area contributed by atoms with Gasteiger partial charge in [0.15, 0.2) is 16.5 Å². The average Bonchev–Trinajstić information content (AvgIpc) is 3.19. The van der Waals surface area contributed by atoms with Crippen LogP contribution in [0.1, 0.15) is 13.8 Å². The fourth-order valence-corrected chi connectivity index (χ4v) is 4.02. The summed E-state index contributed by atoms with van der Waals surface area (Å²) < 4.78 is 3.62. The Labute approximate surface area is 150 Å². The summed E-state index contributed by atoms with van der Waals surface area (Å²) in [5.74, 6) is 0.472. The molecule has 9 heteroatoms. The summed E-state index contributed by atoms with van der Waals surface area (Å²) in [6, 6.07) is 5.46. The van der Waals surface area contributed by atoms with E-state index in [9.17, 15) is 9.59 Å². The molecule has 0 aliphatic rings. The number of thiazole rings is 1. The number of benzene rings is 1. The van der Waals surface area contributed by atoms with Crippen LogP contribution in [0.25, 0.3) is 32.2 Å². The maximum absolute atomic E-state index is 12.6. The van der Waals surface area contributed by atoms with Crippen molar-refractivity contribution in [3.05, 3.63) is 44.1 Å². The molecule has 128 valence electrons. The van der Waals surface area contributed by atoms with Gasteiger partial charge in [-0.1, -0.05) is 11.6 Å². The number of rotatable bonds is 3. The largest absolute Gasteiger partial charge is 0.332 e. The van der Waals surface area contributed by atoms with Crippen molar-refractivity contribution in [2.24, 2.45) is 0 Å². The predicted molar refractivity (Wildman–Crippen MR) is 99.6 cm³/mol. The van der Waals surface area contributed by atoms with E-state index < -0.39 is 0 Å². The smallest absolute Gasteiger partial charge is 0.330 e. The van der Waals surface area contributed by atoms with Crippen molar-refractivity contribution < 1.29 is 0 Å². The van der Waals surface area contributed by atoms with Gasteiger partial charge in [0.2, 0.25) is 0 Å². The highest BCUT2D eigenvalue weighted by Gasteiger charge is 2.18. The van der Waals surface area contributed by atoms with Crippen molar-refractivity contribution in [2.45, 2.75) is 26.9 Å².